The van der Waals surface area contributed by atoms with Gasteiger partial charge in [-0.05, 0) is 31.5 Å². The van der Waals surface area contributed by atoms with Gasteiger partial charge in [0.15, 0.2) is 5.96 Å². The van der Waals surface area contributed by atoms with E-state index in [1.807, 2.05) is 0 Å². The largest absolute Gasteiger partial charge is 0.356 e. The van der Waals surface area contributed by atoms with Crippen molar-refractivity contribution in [1.29, 1.82) is 0 Å². The number of rotatable bonds is 3. The highest BCUT2D eigenvalue weighted by Crippen LogP contribution is 2.20. The van der Waals surface area contributed by atoms with Crippen molar-refractivity contribution in [1.82, 2.24) is 20.2 Å². The number of hydrogen-bond donors (Lipinski definition) is 2. The number of imidazole rings is 1. The molecule has 0 aliphatic carbocycles. The van der Waals surface area contributed by atoms with Gasteiger partial charge in [-0.25, -0.2) is 4.98 Å². The molecule has 2 aromatic rings. The molecule has 0 radical (unpaired) electrons. The third kappa shape index (κ3) is 2.65. The molecule has 0 unspecified atom stereocenters. The van der Waals surface area contributed by atoms with Gasteiger partial charge in [-0.3, -0.25) is 4.99 Å². The van der Waals surface area contributed by atoms with Crippen LogP contribution in [0, 0.1) is 0 Å². The average Bonchev–Trinajstić information content (AvgIpc) is 2.82. The second-order valence-electron chi connectivity index (χ2n) is 4.77. The molecule has 1 aliphatic rings. The van der Waals surface area contributed by atoms with E-state index in [9.17, 15) is 0 Å². The Kier molecular flexibility index (Phi) is 3.91. The molecule has 0 bridgehead atoms. The second-order valence-corrected chi connectivity index (χ2v) is 5.69. The van der Waals surface area contributed by atoms with Crippen LogP contribution in [-0.4, -0.2) is 28.6 Å². The molecule has 0 saturated heterocycles. The molecule has 20 heavy (non-hydrogen) atoms. The number of nitrogens with zero attached hydrogens (tertiary/aromatic N) is 3. The number of hydrogen-bond acceptors (Lipinski definition) is 4. The van der Waals surface area contributed by atoms with Gasteiger partial charge in [0.1, 0.15) is 5.82 Å². The lowest BCUT2D eigenvalue weighted by Crippen LogP contribution is -2.40. The summed E-state index contributed by atoms with van der Waals surface area (Å²) in [4.78, 5) is 9.13. The highest BCUT2D eigenvalue weighted by atomic mass is 79.9. The van der Waals surface area contributed by atoms with Crippen molar-refractivity contribution >= 4 is 32.9 Å². The fourth-order valence-corrected chi connectivity index (χ4v) is 2.80. The van der Waals surface area contributed by atoms with Crippen molar-refractivity contribution in [3.63, 3.8) is 0 Å². The summed E-state index contributed by atoms with van der Waals surface area (Å²) in [6, 6.07) is 6.22. The standard InChI is InChI=1S/C14H18BrN5/c1-2-20-12-5-4-10(15)8-11(12)19-13(20)9-18-14-16-6-3-7-17-14/h4-5,8H,2-3,6-7,9H2,1H3,(H2,16,17,18). The van der Waals surface area contributed by atoms with Gasteiger partial charge < -0.3 is 15.2 Å². The van der Waals surface area contributed by atoms with Crippen molar-refractivity contribution in [3.8, 4) is 0 Å². The van der Waals surface area contributed by atoms with Crippen LogP contribution in [0.3, 0.4) is 0 Å². The average molecular weight is 336 g/mol. The van der Waals surface area contributed by atoms with E-state index >= 15 is 0 Å². The maximum Gasteiger partial charge on any atom is 0.191 e. The predicted octanol–water partition coefficient (Wildman–Crippen LogP) is 2.26. The number of guanidine groups is 1. The van der Waals surface area contributed by atoms with E-state index in [1.165, 1.54) is 5.52 Å². The molecule has 0 amide bonds. The minimum atomic E-state index is 0.686. The Morgan fingerprint density at radius 1 is 1.45 bits per heavy atom. The van der Waals surface area contributed by atoms with Crippen molar-refractivity contribution in [3.05, 3.63) is 28.5 Å². The maximum absolute atomic E-state index is 4.72. The first-order chi connectivity index (χ1) is 9.78. The lowest BCUT2D eigenvalue weighted by atomic mass is 10.3. The molecular weight excluding hydrogens is 318 g/mol. The summed E-state index contributed by atoms with van der Waals surface area (Å²) in [5.74, 6) is 1.92. The van der Waals surface area contributed by atoms with Gasteiger partial charge in [0.05, 0.1) is 17.6 Å². The Morgan fingerprint density at radius 2 is 2.35 bits per heavy atom. The second kappa shape index (κ2) is 5.83. The van der Waals surface area contributed by atoms with E-state index in [4.69, 9.17) is 4.98 Å². The number of aryl methyl sites for hydroxylation is 1. The third-order valence-corrected chi connectivity index (χ3v) is 3.91. The molecule has 1 aromatic carbocycles. The highest BCUT2D eigenvalue weighted by molar-refractivity contribution is 9.10. The van der Waals surface area contributed by atoms with Crippen molar-refractivity contribution < 1.29 is 0 Å². The Balaban J connectivity index is 1.84. The summed E-state index contributed by atoms with van der Waals surface area (Å²) >= 11 is 3.50. The van der Waals surface area contributed by atoms with Gasteiger partial charge in [-0.2, -0.15) is 0 Å². The number of fused-ring (bicyclic) bond motifs is 1. The lowest BCUT2D eigenvalue weighted by molar-refractivity contribution is 0.663. The van der Waals surface area contributed by atoms with Crippen LogP contribution in [-0.2, 0) is 13.1 Å². The minimum Gasteiger partial charge on any atom is -0.356 e. The minimum absolute atomic E-state index is 0.686. The molecular formula is C14H18BrN5. The summed E-state index contributed by atoms with van der Waals surface area (Å²) in [5.41, 5.74) is 2.20. The molecule has 6 heteroatoms. The van der Waals surface area contributed by atoms with Gasteiger partial charge in [0.25, 0.3) is 0 Å². The SMILES string of the molecule is CCn1c(CNC2=NCCCN2)nc2cc(Br)ccc21. The normalized spacial score (nSPS) is 15.0. The molecule has 0 fully saturated rings. The van der Waals surface area contributed by atoms with E-state index in [2.05, 4.69) is 61.2 Å². The van der Waals surface area contributed by atoms with Crippen LogP contribution in [0.5, 0.6) is 0 Å². The predicted molar refractivity (Wildman–Crippen MR) is 84.9 cm³/mol. The number of nitrogens with one attached hydrogen (secondary N) is 2. The molecule has 3 rings (SSSR count). The topological polar surface area (TPSA) is 54.2 Å². The number of aromatic nitrogens is 2. The van der Waals surface area contributed by atoms with Crippen molar-refractivity contribution in [2.45, 2.75) is 26.4 Å². The molecule has 0 spiro atoms. The van der Waals surface area contributed by atoms with Crippen LogP contribution in [0.4, 0.5) is 0 Å². The molecule has 2 heterocycles. The summed E-state index contributed by atoms with van der Waals surface area (Å²) < 4.78 is 3.29. The summed E-state index contributed by atoms with van der Waals surface area (Å²) in [6.45, 7) is 5.62. The van der Waals surface area contributed by atoms with Crippen LogP contribution >= 0.6 is 15.9 Å². The Hall–Kier alpha value is -1.56. The van der Waals surface area contributed by atoms with Crippen LogP contribution < -0.4 is 10.6 Å². The van der Waals surface area contributed by atoms with E-state index in [0.717, 1.165) is 47.8 Å². The van der Waals surface area contributed by atoms with E-state index in [-0.39, 0.29) is 0 Å². The molecule has 106 valence electrons. The molecule has 2 N–H and O–H groups in total. The van der Waals surface area contributed by atoms with Gasteiger partial charge in [-0.15, -0.1) is 0 Å². The van der Waals surface area contributed by atoms with E-state index < -0.39 is 0 Å². The highest BCUT2D eigenvalue weighted by Gasteiger charge is 2.11. The van der Waals surface area contributed by atoms with E-state index in [1.54, 1.807) is 0 Å². The zero-order valence-electron chi connectivity index (χ0n) is 11.5. The van der Waals surface area contributed by atoms with Crippen LogP contribution in [0.25, 0.3) is 11.0 Å². The fraction of sp³-hybridized carbons (Fsp3) is 0.429. The molecule has 5 nitrogen and oxygen atoms in total. The zero-order chi connectivity index (χ0) is 13.9. The van der Waals surface area contributed by atoms with Crippen LogP contribution in [0.2, 0.25) is 0 Å². The van der Waals surface area contributed by atoms with Crippen molar-refractivity contribution in [2.24, 2.45) is 4.99 Å². The van der Waals surface area contributed by atoms with Crippen LogP contribution in [0.1, 0.15) is 19.2 Å². The number of halogens is 1. The Bertz CT molecular complexity index is 646. The Morgan fingerprint density at radius 3 is 3.10 bits per heavy atom. The monoisotopic (exact) mass is 335 g/mol. The van der Waals surface area contributed by atoms with Gasteiger partial charge in [0, 0.05) is 24.1 Å². The summed E-state index contributed by atoms with van der Waals surface area (Å²) in [5, 5.41) is 6.60. The maximum atomic E-state index is 4.72. The van der Waals surface area contributed by atoms with Gasteiger partial charge >= 0.3 is 0 Å². The van der Waals surface area contributed by atoms with Gasteiger partial charge in [-0.1, -0.05) is 15.9 Å². The first kappa shape index (κ1) is 13.4. The number of aliphatic imine (C=N–C) groups is 1. The molecule has 1 aromatic heterocycles. The van der Waals surface area contributed by atoms with Crippen molar-refractivity contribution in [2.75, 3.05) is 13.1 Å². The van der Waals surface area contributed by atoms with Gasteiger partial charge in [0.2, 0.25) is 0 Å². The first-order valence-electron chi connectivity index (χ1n) is 6.95. The quantitative estimate of drug-likeness (QED) is 0.904. The Labute approximate surface area is 126 Å². The molecule has 1 aliphatic heterocycles. The van der Waals surface area contributed by atoms with E-state index in [0.29, 0.717) is 6.54 Å². The summed E-state index contributed by atoms with van der Waals surface area (Å²) in [6.07, 6.45) is 1.10. The van der Waals surface area contributed by atoms with Crippen LogP contribution in [0.15, 0.2) is 27.7 Å². The molecule has 0 saturated carbocycles. The zero-order valence-corrected chi connectivity index (χ0v) is 13.1. The molecule has 0 atom stereocenters. The third-order valence-electron chi connectivity index (χ3n) is 3.42. The fourth-order valence-electron chi connectivity index (χ4n) is 2.45. The first-order valence-corrected chi connectivity index (χ1v) is 7.74. The lowest BCUT2D eigenvalue weighted by Gasteiger charge is -2.16. The summed E-state index contributed by atoms with van der Waals surface area (Å²) in [7, 11) is 0. The number of benzene rings is 1. The smallest absolute Gasteiger partial charge is 0.191 e.